The van der Waals surface area contributed by atoms with E-state index in [0.717, 1.165) is 0 Å². The van der Waals surface area contributed by atoms with Crippen molar-refractivity contribution in [3.63, 3.8) is 0 Å². The van der Waals surface area contributed by atoms with Crippen LogP contribution in [0.3, 0.4) is 0 Å². The summed E-state index contributed by atoms with van der Waals surface area (Å²) >= 11 is 5.87. The van der Waals surface area contributed by atoms with Crippen molar-refractivity contribution in [1.29, 1.82) is 0 Å². The molecular formula is C13H11ClN4O3S. The average molecular weight is 339 g/mol. The highest BCUT2D eigenvalue weighted by atomic mass is 35.5. The second-order valence-electron chi connectivity index (χ2n) is 4.03. The summed E-state index contributed by atoms with van der Waals surface area (Å²) in [4.78, 5) is 19.0. The Morgan fingerprint density at radius 1 is 1.27 bits per heavy atom. The number of sulfonamides is 1. The van der Waals surface area contributed by atoms with Crippen molar-refractivity contribution in [3.05, 3.63) is 53.8 Å². The maximum atomic E-state index is 12.2. The molecule has 1 aromatic carbocycles. The quantitative estimate of drug-likeness (QED) is 0.890. The third-order valence-electron chi connectivity index (χ3n) is 2.50. The first-order chi connectivity index (χ1) is 10.4. The summed E-state index contributed by atoms with van der Waals surface area (Å²) < 4.78 is 26.2. The molecule has 22 heavy (non-hydrogen) atoms. The number of amides is 2. The predicted octanol–water partition coefficient (Wildman–Crippen LogP) is 2.28. The third-order valence-corrected chi connectivity index (χ3v) is 4.31. The van der Waals surface area contributed by atoms with Crippen molar-refractivity contribution in [2.75, 3.05) is 5.32 Å². The van der Waals surface area contributed by atoms with Gasteiger partial charge in [-0.05, 0) is 23.8 Å². The summed E-state index contributed by atoms with van der Waals surface area (Å²) in [5.41, 5.74) is 0.552. The van der Waals surface area contributed by atoms with E-state index in [4.69, 9.17) is 11.6 Å². The molecule has 2 aromatic rings. The number of aromatic nitrogens is 2. The highest BCUT2D eigenvalue weighted by Crippen LogP contribution is 2.23. The molecule has 2 N–H and O–H groups in total. The van der Waals surface area contributed by atoms with Crippen LogP contribution in [-0.4, -0.2) is 24.4 Å². The van der Waals surface area contributed by atoms with Gasteiger partial charge in [-0.15, -0.1) is 0 Å². The van der Waals surface area contributed by atoms with Gasteiger partial charge in [0.2, 0.25) is 5.95 Å². The molecule has 0 saturated heterocycles. The molecule has 114 valence electrons. The van der Waals surface area contributed by atoms with Gasteiger partial charge >= 0.3 is 6.03 Å². The molecule has 0 spiro atoms. The first-order valence-corrected chi connectivity index (χ1v) is 7.81. The zero-order valence-electron chi connectivity index (χ0n) is 11.2. The molecule has 0 aliphatic carbocycles. The van der Waals surface area contributed by atoms with Gasteiger partial charge in [-0.2, -0.15) is 0 Å². The van der Waals surface area contributed by atoms with Crippen LogP contribution in [0.4, 0.5) is 10.7 Å². The van der Waals surface area contributed by atoms with Crippen molar-refractivity contribution < 1.29 is 13.2 Å². The number of carbonyl (C=O) groups excluding carboxylic acids is 1. The van der Waals surface area contributed by atoms with E-state index in [0.29, 0.717) is 5.56 Å². The summed E-state index contributed by atoms with van der Waals surface area (Å²) in [6.45, 7) is 3.55. The molecule has 0 fully saturated rings. The fourth-order valence-corrected chi connectivity index (χ4v) is 2.96. The van der Waals surface area contributed by atoms with Crippen LogP contribution in [0, 0.1) is 0 Å². The Labute approximate surface area is 132 Å². The molecule has 9 heteroatoms. The van der Waals surface area contributed by atoms with E-state index in [2.05, 4.69) is 21.9 Å². The van der Waals surface area contributed by atoms with E-state index in [-0.39, 0.29) is 15.9 Å². The monoisotopic (exact) mass is 338 g/mol. The summed E-state index contributed by atoms with van der Waals surface area (Å²) in [7, 11) is -4.14. The molecule has 0 bridgehead atoms. The van der Waals surface area contributed by atoms with E-state index >= 15 is 0 Å². The SMILES string of the molecule is C=Cc1ccc(Cl)c(S(=O)(=O)NC(=O)Nc2ncccn2)c1. The lowest BCUT2D eigenvalue weighted by Crippen LogP contribution is -2.35. The molecule has 0 radical (unpaired) electrons. The summed E-state index contributed by atoms with van der Waals surface area (Å²) in [6.07, 6.45) is 4.27. The molecule has 0 aliphatic rings. The Hall–Kier alpha value is -2.45. The number of halogens is 1. The van der Waals surface area contributed by atoms with Gasteiger partial charge in [0.25, 0.3) is 10.0 Å². The van der Waals surface area contributed by atoms with Crippen LogP contribution >= 0.6 is 11.6 Å². The van der Waals surface area contributed by atoms with Crippen molar-refractivity contribution in [1.82, 2.24) is 14.7 Å². The van der Waals surface area contributed by atoms with Gasteiger partial charge in [-0.1, -0.05) is 30.3 Å². The number of carbonyl (C=O) groups is 1. The minimum Gasteiger partial charge on any atom is -0.275 e. The number of nitrogens with one attached hydrogen (secondary N) is 2. The Morgan fingerprint density at radius 2 is 1.95 bits per heavy atom. The minimum atomic E-state index is -4.14. The van der Waals surface area contributed by atoms with Crippen LogP contribution in [-0.2, 0) is 10.0 Å². The highest BCUT2D eigenvalue weighted by Gasteiger charge is 2.21. The van der Waals surface area contributed by atoms with Gasteiger partial charge in [0.05, 0.1) is 5.02 Å². The lowest BCUT2D eigenvalue weighted by molar-refractivity contribution is 0.256. The van der Waals surface area contributed by atoms with E-state index in [9.17, 15) is 13.2 Å². The second-order valence-corrected chi connectivity index (χ2v) is 6.08. The standard InChI is InChI=1S/C13H11ClN4O3S/c1-2-9-4-5-10(14)11(8-9)22(20,21)18-13(19)17-12-15-6-3-7-16-12/h2-8H,1H2,(H2,15,16,17,18,19). The van der Waals surface area contributed by atoms with Gasteiger partial charge in [-0.3, -0.25) is 5.32 Å². The van der Waals surface area contributed by atoms with Crippen LogP contribution in [0.1, 0.15) is 5.56 Å². The second kappa shape index (κ2) is 6.54. The van der Waals surface area contributed by atoms with Gasteiger partial charge in [-0.25, -0.2) is 27.9 Å². The zero-order chi connectivity index (χ0) is 16.2. The summed E-state index contributed by atoms with van der Waals surface area (Å²) in [5, 5.41) is 2.19. The van der Waals surface area contributed by atoms with Crippen molar-refractivity contribution in [2.45, 2.75) is 4.90 Å². The smallest absolute Gasteiger partial charge is 0.275 e. The number of benzene rings is 1. The van der Waals surface area contributed by atoms with E-state index < -0.39 is 16.1 Å². The first kappa shape index (κ1) is 15.9. The van der Waals surface area contributed by atoms with Crippen LogP contribution in [0.5, 0.6) is 0 Å². The average Bonchev–Trinajstić information content (AvgIpc) is 2.48. The molecule has 0 unspecified atom stereocenters. The number of hydrogen-bond acceptors (Lipinski definition) is 5. The van der Waals surface area contributed by atoms with E-state index in [1.54, 1.807) is 12.1 Å². The molecule has 0 atom stereocenters. The van der Waals surface area contributed by atoms with Crippen LogP contribution in [0.15, 0.2) is 48.1 Å². The maximum Gasteiger partial charge on any atom is 0.335 e. The fourth-order valence-electron chi connectivity index (χ4n) is 1.52. The lowest BCUT2D eigenvalue weighted by atomic mass is 10.2. The third kappa shape index (κ3) is 3.80. The number of nitrogens with zero attached hydrogens (tertiary/aromatic N) is 2. The molecule has 0 saturated carbocycles. The van der Waals surface area contributed by atoms with Gasteiger partial charge in [0, 0.05) is 12.4 Å². The molecule has 1 heterocycles. The van der Waals surface area contributed by atoms with E-state index in [1.807, 2.05) is 4.72 Å². The maximum absolute atomic E-state index is 12.2. The van der Waals surface area contributed by atoms with E-state index in [1.165, 1.54) is 30.6 Å². The fraction of sp³-hybridized carbons (Fsp3) is 0. The van der Waals surface area contributed by atoms with Crippen LogP contribution in [0.2, 0.25) is 5.02 Å². The number of urea groups is 1. The van der Waals surface area contributed by atoms with Crippen molar-refractivity contribution >= 4 is 39.7 Å². The first-order valence-electron chi connectivity index (χ1n) is 5.95. The Kier molecular flexibility index (Phi) is 4.74. The molecule has 7 nitrogen and oxygen atoms in total. The predicted molar refractivity (Wildman–Crippen MR) is 82.9 cm³/mol. The van der Waals surface area contributed by atoms with Gasteiger partial charge in [0.1, 0.15) is 4.90 Å². The number of hydrogen-bond donors (Lipinski definition) is 2. The Bertz CT molecular complexity index is 809. The zero-order valence-corrected chi connectivity index (χ0v) is 12.7. The summed E-state index contributed by atoms with van der Waals surface area (Å²) in [5.74, 6) is -0.0267. The molecule has 2 rings (SSSR count). The normalized spacial score (nSPS) is 10.8. The van der Waals surface area contributed by atoms with Gasteiger partial charge < -0.3 is 0 Å². The topological polar surface area (TPSA) is 101 Å². The molecule has 2 amide bonds. The summed E-state index contributed by atoms with van der Waals surface area (Å²) in [6, 6.07) is 4.88. The lowest BCUT2D eigenvalue weighted by Gasteiger charge is -2.09. The molecule has 0 aliphatic heterocycles. The molecular weight excluding hydrogens is 328 g/mol. The van der Waals surface area contributed by atoms with Crippen LogP contribution in [0.25, 0.3) is 6.08 Å². The highest BCUT2D eigenvalue weighted by molar-refractivity contribution is 7.90. The minimum absolute atomic E-state index is 0.0122. The van der Waals surface area contributed by atoms with Crippen molar-refractivity contribution in [3.8, 4) is 0 Å². The largest absolute Gasteiger partial charge is 0.335 e. The Balaban J connectivity index is 2.21. The van der Waals surface area contributed by atoms with Crippen LogP contribution < -0.4 is 10.0 Å². The Morgan fingerprint density at radius 3 is 2.59 bits per heavy atom. The van der Waals surface area contributed by atoms with Crippen molar-refractivity contribution in [2.24, 2.45) is 0 Å². The number of rotatable bonds is 4. The molecule has 1 aromatic heterocycles. The number of anilines is 1. The van der Waals surface area contributed by atoms with Gasteiger partial charge in [0.15, 0.2) is 0 Å².